The van der Waals surface area contributed by atoms with Gasteiger partial charge in [-0.2, -0.15) is 0 Å². The van der Waals surface area contributed by atoms with Crippen LogP contribution in [-0.2, 0) is 9.59 Å². The van der Waals surface area contributed by atoms with E-state index < -0.39 is 23.5 Å². The van der Waals surface area contributed by atoms with E-state index in [4.69, 9.17) is 10.2 Å². The van der Waals surface area contributed by atoms with Crippen LogP contribution in [0.15, 0.2) is 36.1 Å². The Morgan fingerprint density at radius 3 is 2.25 bits per heavy atom. The van der Waals surface area contributed by atoms with Crippen molar-refractivity contribution in [3.8, 4) is 0 Å². The average molecular weight is 225 g/mol. The summed E-state index contributed by atoms with van der Waals surface area (Å²) in [5.74, 6) is -3.94. The highest BCUT2D eigenvalue weighted by Crippen LogP contribution is 2.08. The maximum absolute atomic E-state index is 12.5. The molecule has 1 amide bonds. The van der Waals surface area contributed by atoms with Gasteiger partial charge in [0.2, 0.25) is 5.76 Å². The number of halogens is 1. The van der Waals surface area contributed by atoms with E-state index in [1.807, 2.05) is 0 Å². The van der Waals surface area contributed by atoms with Gasteiger partial charge in [-0.1, -0.05) is 0 Å². The first-order valence-electron chi connectivity index (χ1n) is 4.19. The molecule has 0 atom stereocenters. The monoisotopic (exact) mass is 225 g/mol. The van der Waals surface area contributed by atoms with E-state index in [0.29, 0.717) is 11.8 Å². The molecule has 84 valence electrons. The molecule has 0 aromatic heterocycles. The smallest absolute Gasteiger partial charge is 0.371 e. The normalized spacial score (nSPS) is 10.9. The molecule has 1 rings (SSSR count). The highest BCUT2D eigenvalue weighted by molar-refractivity contribution is 6.03. The van der Waals surface area contributed by atoms with Crippen LogP contribution < -0.4 is 5.32 Å². The van der Waals surface area contributed by atoms with Crippen molar-refractivity contribution in [2.45, 2.75) is 0 Å². The van der Waals surface area contributed by atoms with Crippen LogP contribution in [0, 0.1) is 5.82 Å². The number of aliphatic hydroxyl groups is 1. The molecular formula is C10H8FNO4. The summed E-state index contributed by atoms with van der Waals surface area (Å²) >= 11 is 0. The highest BCUT2D eigenvalue weighted by Gasteiger charge is 2.07. The number of anilines is 1. The molecule has 0 saturated heterocycles. The van der Waals surface area contributed by atoms with Gasteiger partial charge >= 0.3 is 5.97 Å². The van der Waals surface area contributed by atoms with Crippen molar-refractivity contribution in [2.24, 2.45) is 0 Å². The second-order valence-electron chi connectivity index (χ2n) is 2.83. The Kier molecular flexibility index (Phi) is 3.60. The van der Waals surface area contributed by atoms with Gasteiger partial charge in [-0.15, -0.1) is 0 Å². The van der Waals surface area contributed by atoms with Crippen molar-refractivity contribution < 1.29 is 24.2 Å². The zero-order valence-corrected chi connectivity index (χ0v) is 7.98. The molecule has 0 radical (unpaired) electrons. The van der Waals surface area contributed by atoms with Gasteiger partial charge < -0.3 is 15.5 Å². The third-order valence-corrected chi connectivity index (χ3v) is 1.60. The SMILES string of the molecule is O=C(/C=C(\O)C(=O)O)Nc1ccc(F)cc1. The largest absolute Gasteiger partial charge is 0.502 e. The Hall–Kier alpha value is -2.37. The van der Waals surface area contributed by atoms with E-state index >= 15 is 0 Å². The van der Waals surface area contributed by atoms with Crippen LogP contribution in [0.4, 0.5) is 10.1 Å². The summed E-state index contributed by atoms with van der Waals surface area (Å²) in [6.45, 7) is 0. The lowest BCUT2D eigenvalue weighted by Crippen LogP contribution is -2.11. The van der Waals surface area contributed by atoms with Gasteiger partial charge in [-0.25, -0.2) is 9.18 Å². The summed E-state index contributed by atoms with van der Waals surface area (Å²) in [6.07, 6.45) is 0.520. The van der Waals surface area contributed by atoms with Crippen LogP contribution in [0.2, 0.25) is 0 Å². The van der Waals surface area contributed by atoms with Crippen LogP contribution >= 0.6 is 0 Å². The summed E-state index contributed by atoms with van der Waals surface area (Å²) in [6, 6.07) is 4.88. The van der Waals surface area contributed by atoms with Crippen molar-refractivity contribution in [2.75, 3.05) is 5.32 Å². The Bertz CT molecular complexity index is 439. The van der Waals surface area contributed by atoms with Gasteiger partial charge in [0, 0.05) is 5.69 Å². The minimum Gasteiger partial charge on any atom is -0.502 e. The van der Waals surface area contributed by atoms with Crippen molar-refractivity contribution in [3.05, 3.63) is 41.9 Å². The number of benzene rings is 1. The zero-order valence-electron chi connectivity index (χ0n) is 7.98. The quantitative estimate of drug-likeness (QED) is 0.534. The molecule has 0 saturated carbocycles. The standard InChI is InChI=1S/C10H8FNO4/c11-6-1-3-7(4-2-6)12-9(14)5-8(13)10(15)16/h1-5,13H,(H,12,14)(H,15,16)/b8-5-. The summed E-state index contributed by atoms with van der Waals surface area (Å²) in [5, 5.41) is 19.3. The number of aliphatic hydroxyl groups excluding tert-OH is 1. The number of carbonyl (C=O) groups is 2. The number of aliphatic carboxylic acids is 1. The van der Waals surface area contributed by atoms with Gasteiger partial charge in [0.15, 0.2) is 0 Å². The van der Waals surface area contributed by atoms with Crippen LogP contribution in [0.1, 0.15) is 0 Å². The molecule has 0 fully saturated rings. The summed E-state index contributed by atoms with van der Waals surface area (Å²) in [5.41, 5.74) is 0.292. The Labute approximate surface area is 89.8 Å². The van der Waals surface area contributed by atoms with Crippen LogP contribution in [0.5, 0.6) is 0 Å². The number of rotatable bonds is 3. The molecule has 0 unspecified atom stereocenters. The van der Waals surface area contributed by atoms with Crippen molar-refractivity contribution in [1.82, 2.24) is 0 Å². The average Bonchev–Trinajstić information content (AvgIpc) is 2.21. The Morgan fingerprint density at radius 1 is 1.19 bits per heavy atom. The molecule has 16 heavy (non-hydrogen) atoms. The maximum Gasteiger partial charge on any atom is 0.371 e. The number of hydrogen-bond donors (Lipinski definition) is 3. The number of hydrogen-bond acceptors (Lipinski definition) is 3. The van der Waals surface area contributed by atoms with Crippen LogP contribution in [-0.4, -0.2) is 22.1 Å². The predicted molar refractivity (Wildman–Crippen MR) is 53.4 cm³/mol. The fraction of sp³-hybridized carbons (Fsp3) is 0. The van der Waals surface area contributed by atoms with Gasteiger partial charge in [-0.05, 0) is 24.3 Å². The van der Waals surface area contributed by atoms with E-state index in [1.54, 1.807) is 0 Å². The van der Waals surface area contributed by atoms with Crippen molar-refractivity contribution >= 4 is 17.6 Å². The van der Waals surface area contributed by atoms with Crippen LogP contribution in [0.3, 0.4) is 0 Å². The number of carboxylic acids is 1. The first-order valence-corrected chi connectivity index (χ1v) is 4.19. The fourth-order valence-corrected chi connectivity index (χ4v) is 0.897. The summed E-state index contributed by atoms with van der Waals surface area (Å²) in [7, 11) is 0. The van der Waals surface area contributed by atoms with Crippen LogP contribution in [0.25, 0.3) is 0 Å². The second kappa shape index (κ2) is 4.92. The molecule has 0 bridgehead atoms. The van der Waals surface area contributed by atoms with Gasteiger partial charge in [0.1, 0.15) is 5.82 Å². The lowest BCUT2D eigenvalue weighted by atomic mass is 10.3. The summed E-state index contributed by atoms with van der Waals surface area (Å²) in [4.78, 5) is 21.3. The van der Waals surface area contributed by atoms with Crippen molar-refractivity contribution in [1.29, 1.82) is 0 Å². The first kappa shape index (κ1) is 11.7. The van der Waals surface area contributed by atoms with E-state index in [0.717, 1.165) is 12.1 Å². The molecule has 0 heterocycles. The van der Waals surface area contributed by atoms with E-state index in [1.165, 1.54) is 12.1 Å². The Balaban J connectivity index is 2.68. The molecule has 0 aliphatic carbocycles. The number of nitrogens with one attached hydrogen (secondary N) is 1. The molecule has 0 spiro atoms. The topological polar surface area (TPSA) is 86.6 Å². The number of carbonyl (C=O) groups excluding carboxylic acids is 1. The molecule has 0 aliphatic heterocycles. The van der Waals surface area contributed by atoms with E-state index in [-0.39, 0.29) is 0 Å². The molecular weight excluding hydrogens is 217 g/mol. The molecule has 3 N–H and O–H groups in total. The highest BCUT2D eigenvalue weighted by atomic mass is 19.1. The molecule has 1 aromatic rings. The van der Waals surface area contributed by atoms with Gasteiger partial charge in [0.05, 0.1) is 6.08 Å². The van der Waals surface area contributed by atoms with Gasteiger partial charge in [0.25, 0.3) is 5.91 Å². The minimum atomic E-state index is -1.60. The predicted octanol–water partition coefficient (Wildman–Crippen LogP) is 1.29. The van der Waals surface area contributed by atoms with E-state index in [2.05, 4.69) is 5.32 Å². The zero-order chi connectivity index (χ0) is 12.1. The lowest BCUT2D eigenvalue weighted by molar-refractivity contribution is -0.135. The van der Waals surface area contributed by atoms with E-state index in [9.17, 15) is 14.0 Å². The number of carboxylic acid groups (broad SMARTS) is 1. The third kappa shape index (κ3) is 3.41. The second-order valence-corrected chi connectivity index (χ2v) is 2.83. The summed E-state index contributed by atoms with van der Waals surface area (Å²) < 4.78 is 12.5. The molecule has 5 nitrogen and oxygen atoms in total. The fourth-order valence-electron chi connectivity index (χ4n) is 0.897. The maximum atomic E-state index is 12.5. The van der Waals surface area contributed by atoms with Crippen molar-refractivity contribution in [3.63, 3.8) is 0 Å². The first-order chi connectivity index (χ1) is 7.49. The lowest BCUT2D eigenvalue weighted by Gasteiger charge is -2.01. The minimum absolute atomic E-state index is 0.292. The third-order valence-electron chi connectivity index (χ3n) is 1.60. The molecule has 6 heteroatoms. The molecule has 1 aromatic carbocycles. The molecule has 0 aliphatic rings. The Morgan fingerprint density at radius 2 is 1.75 bits per heavy atom. The van der Waals surface area contributed by atoms with Gasteiger partial charge in [-0.3, -0.25) is 4.79 Å². The number of amides is 1.